The molecule has 12 heteroatoms. The summed E-state index contributed by atoms with van der Waals surface area (Å²) in [5, 5.41) is 9.77. The summed E-state index contributed by atoms with van der Waals surface area (Å²) >= 11 is 1.10. The predicted octanol–water partition coefficient (Wildman–Crippen LogP) is 2.55. The summed E-state index contributed by atoms with van der Waals surface area (Å²) < 4.78 is 33.4. The SMILES string of the molecule is CC(C)CC(CNS(=O)(=O)c1ccc(-c2ccon2)s1)NC(=O)N1CCC[C@H]1C(=O)NC1CC1. The molecule has 2 aromatic rings. The van der Waals surface area contributed by atoms with E-state index in [1.807, 2.05) is 13.8 Å². The molecule has 0 spiro atoms. The van der Waals surface area contributed by atoms with Crippen LogP contribution in [0.1, 0.15) is 46.0 Å². The molecule has 3 amide bonds. The van der Waals surface area contributed by atoms with Gasteiger partial charge in [0.2, 0.25) is 15.9 Å². The minimum Gasteiger partial charge on any atom is -0.364 e. The molecular formula is C22H31N5O5S2. The Morgan fingerprint density at radius 1 is 1.24 bits per heavy atom. The van der Waals surface area contributed by atoms with E-state index >= 15 is 0 Å². The molecule has 3 heterocycles. The lowest BCUT2D eigenvalue weighted by molar-refractivity contribution is -0.124. The van der Waals surface area contributed by atoms with Crippen molar-refractivity contribution < 1.29 is 22.5 Å². The number of nitrogens with one attached hydrogen (secondary N) is 3. The lowest BCUT2D eigenvalue weighted by atomic mass is 10.0. The lowest BCUT2D eigenvalue weighted by Crippen LogP contribution is -2.53. The van der Waals surface area contributed by atoms with Gasteiger partial charge in [0, 0.05) is 31.2 Å². The van der Waals surface area contributed by atoms with Crippen LogP contribution in [0.15, 0.2) is 33.2 Å². The van der Waals surface area contributed by atoms with Crippen LogP contribution in [0.3, 0.4) is 0 Å². The number of amides is 3. The molecule has 0 aromatic carbocycles. The van der Waals surface area contributed by atoms with Gasteiger partial charge in [0.05, 0.1) is 4.88 Å². The highest BCUT2D eigenvalue weighted by Crippen LogP contribution is 2.29. The Kier molecular flexibility index (Phi) is 7.58. The second-order valence-electron chi connectivity index (χ2n) is 9.27. The molecule has 2 aliphatic rings. The summed E-state index contributed by atoms with van der Waals surface area (Å²) in [5.74, 6) is 0.139. The number of carbonyl (C=O) groups is 2. The van der Waals surface area contributed by atoms with Crippen LogP contribution in [0.4, 0.5) is 4.79 Å². The zero-order valence-electron chi connectivity index (χ0n) is 19.3. The number of hydrogen-bond acceptors (Lipinski definition) is 7. The molecular weight excluding hydrogens is 478 g/mol. The maximum Gasteiger partial charge on any atom is 0.318 e. The topological polar surface area (TPSA) is 134 Å². The number of carbonyl (C=O) groups excluding carboxylic acids is 2. The number of rotatable bonds is 10. The van der Waals surface area contributed by atoms with E-state index in [0.717, 1.165) is 30.6 Å². The molecule has 1 saturated carbocycles. The standard InChI is InChI=1S/C22H31N5O5S2/c1-14(2)12-16(25-22(29)27-10-3-4-18(27)21(28)24-15-5-6-15)13-23-34(30,31)20-8-7-19(33-20)17-9-11-32-26-17/h7-9,11,14-16,18,23H,3-6,10,12-13H2,1-2H3,(H,24,28)(H,25,29)/t16?,18-/m0/s1. The highest BCUT2D eigenvalue weighted by molar-refractivity contribution is 7.91. The molecule has 186 valence electrons. The van der Waals surface area contributed by atoms with Gasteiger partial charge in [-0.15, -0.1) is 11.3 Å². The van der Waals surface area contributed by atoms with Crippen LogP contribution >= 0.6 is 11.3 Å². The first-order valence-electron chi connectivity index (χ1n) is 11.6. The molecule has 1 aliphatic heterocycles. The van der Waals surface area contributed by atoms with Crippen LogP contribution in [0.5, 0.6) is 0 Å². The van der Waals surface area contributed by atoms with Crippen LogP contribution in [0.25, 0.3) is 10.6 Å². The fourth-order valence-electron chi connectivity index (χ4n) is 4.05. The molecule has 4 rings (SSSR count). The molecule has 2 atom stereocenters. The van der Waals surface area contributed by atoms with Gasteiger partial charge in [0.1, 0.15) is 22.2 Å². The van der Waals surface area contributed by atoms with Gasteiger partial charge >= 0.3 is 6.03 Å². The number of aromatic nitrogens is 1. The van der Waals surface area contributed by atoms with Gasteiger partial charge in [-0.3, -0.25) is 4.79 Å². The molecule has 0 radical (unpaired) electrons. The van der Waals surface area contributed by atoms with E-state index in [-0.39, 0.29) is 34.7 Å². The van der Waals surface area contributed by atoms with E-state index in [9.17, 15) is 18.0 Å². The van der Waals surface area contributed by atoms with E-state index in [4.69, 9.17) is 4.52 Å². The van der Waals surface area contributed by atoms with Crippen molar-refractivity contribution in [2.75, 3.05) is 13.1 Å². The first kappa shape index (κ1) is 24.7. The smallest absolute Gasteiger partial charge is 0.318 e. The van der Waals surface area contributed by atoms with Crippen molar-refractivity contribution in [1.82, 2.24) is 25.4 Å². The third-order valence-electron chi connectivity index (χ3n) is 5.88. The number of hydrogen-bond donors (Lipinski definition) is 3. The number of urea groups is 1. The monoisotopic (exact) mass is 509 g/mol. The summed E-state index contributed by atoms with van der Waals surface area (Å²) in [6.07, 6.45) is 5.41. The highest BCUT2D eigenvalue weighted by Gasteiger charge is 2.37. The van der Waals surface area contributed by atoms with Crippen LogP contribution in [-0.2, 0) is 14.8 Å². The maximum atomic E-state index is 13.0. The number of sulfonamides is 1. The van der Waals surface area contributed by atoms with Gasteiger partial charge in [-0.2, -0.15) is 0 Å². The third-order valence-corrected chi connectivity index (χ3v) is 8.90. The van der Waals surface area contributed by atoms with Crippen LogP contribution in [-0.4, -0.2) is 61.6 Å². The first-order chi connectivity index (χ1) is 16.2. The Morgan fingerprint density at radius 2 is 2.03 bits per heavy atom. The average molecular weight is 510 g/mol. The van der Waals surface area contributed by atoms with Crippen LogP contribution in [0.2, 0.25) is 0 Å². The van der Waals surface area contributed by atoms with Crippen molar-refractivity contribution in [1.29, 1.82) is 0 Å². The Hall–Kier alpha value is -2.44. The normalized spacial score (nSPS) is 19.4. The number of thiophene rings is 1. The van der Waals surface area contributed by atoms with Crippen molar-refractivity contribution in [2.45, 2.75) is 68.3 Å². The van der Waals surface area contributed by atoms with Crippen molar-refractivity contribution >= 4 is 33.3 Å². The molecule has 34 heavy (non-hydrogen) atoms. The van der Waals surface area contributed by atoms with Gasteiger partial charge in [-0.25, -0.2) is 17.9 Å². The average Bonchev–Trinajstić information content (AvgIpc) is 3.26. The molecule has 10 nitrogen and oxygen atoms in total. The minimum atomic E-state index is -3.77. The van der Waals surface area contributed by atoms with Crippen molar-refractivity contribution in [2.24, 2.45) is 5.92 Å². The minimum absolute atomic E-state index is 0.0518. The molecule has 2 fully saturated rings. The van der Waals surface area contributed by atoms with Gasteiger partial charge in [0.25, 0.3) is 0 Å². The molecule has 3 N–H and O–H groups in total. The van der Waals surface area contributed by atoms with E-state index in [2.05, 4.69) is 20.5 Å². The quantitative estimate of drug-likeness (QED) is 0.451. The summed E-state index contributed by atoms with van der Waals surface area (Å²) in [4.78, 5) is 27.8. The van der Waals surface area contributed by atoms with Crippen LogP contribution in [0, 0.1) is 5.92 Å². The molecule has 1 saturated heterocycles. The Morgan fingerprint density at radius 3 is 2.71 bits per heavy atom. The second-order valence-corrected chi connectivity index (χ2v) is 12.3. The fraction of sp³-hybridized carbons (Fsp3) is 0.591. The second kappa shape index (κ2) is 10.4. The molecule has 1 aliphatic carbocycles. The van der Waals surface area contributed by atoms with Gasteiger partial charge in [-0.1, -0.05) is 19.0 Å². The van der Waals surface area contributed by atoms with Gasteiger partial charge in [-0.05, 0) is 50.2 Å². The van der Waals surface area contributed by atoms with E-state index in [1.165, 1.54) is 12.3 Å². The fourth-order valence-corrected chi connectivity index (χ4v) is 6.44. The van der Waals surface area contributed by atoms with E-state index in [1.54, 1.807) is 17.0 Å². The zero-order chi connectivity index (χ0) is 24.3. The Bertz CT molecular complexity index is 1090. The first-order valence-corrected chi connectivity index (χ1v) is 13.9. The van der Waals surface area contributed by atoms with E-state index < -0.39 is 22.1 Å². The van der Waals surface area contributed by atoms with Crippen molar-refractivity contribution in [3.05, 3.63) is 24.5 Å². The lowest BCUT2D eigenvalue weighted by Gasteiger charge is -2.28. The van der Waals surface area contributed by atoms with Crippen molar-refractivity contribution in [3.63, 3.8) is 0 Å². The molecule has 1 unspecified atom stereocenters. The van der Waals surface area contributed by atoms with Crippen LogP contribution < -0.4 is 15.4 Å². The van der Waals surface area contributed by atoms with Gasteiger partial charge in [0.15, 0.2) is 0 Å². The van der Waals surface area contributed by atoms with Gasteiger partial charge < -0.3 is 20.1 Å². The molecule has 0 bridgehead atoms. The predicted molar refractivity (Wildman–Crippen MR) is 128 cm³/mol. The van der Waals surface area contributed by atoms with Crippen molar-refractivity contribution in [3.8, 4) is 10.6 Å². The Labute approximate surface area is 203 Å². The number of likely N-dealkylation sites (tertiary alicyclic amines) is 1. The largest absolute Gasteiger partial charge is 0.364 e. The highest BCUT2D eigenvalue weighted by atomic mass is 32.2. The third kappa shape index (κ3) is 6.16. The zero-order valence-corrected chi connectivity index (χ0v) is 21.0. The summed E-state index contributed by atoms with van der Waals surface area (Å²) in [5.41, 5.74) is 0.572. The Balaban J connectivity index is 1.37. The van der Waals surface area contributed by atoms with E-state index in [0.29, 0.717) is 30.0 Å². The summed E-state index contributed by atoms with van der Waals surface area (Å²) in [6, 6.07) is 3.90. The summed E-state index contributed by atoms with van der Waals surface area (Å²) in [6.45, 7) is 4.59. The molecule has 2 aromatic heterocycles. The maximum absolute atomic E-state index is 13.0. The number of nitrogens with zero attached hydrogens (tertiary/aromatic N) is 2. The summed E-state index contributed by atoms with van der Waals surface area (Å²) in [7, 11) is -3.77.